The Balaban J connectivity index is 1.43. The van der Waals surface area contributed by atoms with E-state index in [2.05, 4.69) is 109 Å². The zero-order valence-electron chi connectivity index (χ0n) is 26.6. The summed E-state index contributed by atoms with van der Waals surface area (Å²) in [5, 5.41) is 14.0. The zero-order chi connectivity index (χ0) is 29.9. The molecular formula is C36H52O4Si. The third-order valence-electron chi connectivity index (χ3n) is 11.3. The van der Waals surface area contributed by atoms with Crippen LogP contribution in [-0.2, 0) is 14.0 Å². The monoisotopic (exact) mass is 576 g/mol. The minimum absolute atomic E-state index is 0.111. The van der Waals surface area contributed by atoms with Crippen molar-refractivity contribution in [2.45, 2.75) is 116 Å². The second-order valence-electron chi connectivity index (χ2n) is 15.7. The van der Waals surface area contributed by atoms with E-state index in [1.807, 2.05) is 6.92 Å². The van der Waals surface area contributed by atoms with Gasteiger partial charge in [0.25, 0.3) is 8.32 Å². The Kier molecular flexibility index (Phi) is 7.80. The van der Waals surface area contributed by atoms with Gasteiger partial charge in [0.1, 0.15) is 11.4 Å². The van der Waals surface area contributed by atoms with Crippen LogP contribution in [0.1, 0.15) is 93.9 Å². The molecule has 3 fully saturated rings. The maximum atomic E-state index is 14.2. The molecule has 2 aromatic rings. The molecule has 5 rings (SSSR count). The molecule has 2 saturated carbocycles. The fourth-order valence-electron chi connectivity index (χ4n) is 9.58. The van der Waals surface area contributed by atoms with Crippen LogP contribution in [0, 0.1) is 22.7 Å². The lowest BCUT2D eigenvalue weighted by Crippen LogP contribution is -2.71. The first-order valence-electron chi connectivity index (χ1n) is 15.8. The summed E-state index contributed by atoms with van der Waals surface area (Å²) < 4.78 is 14.2. The van der Waals surface area contributed by atoms with Gasteiger partial charge in [-0.25, -0.2) is 0 Å². The number of Topliss-reactive ketones (excluding diaryl/α,β-unsaturated/α-hetero) is 1. The highest BCUT2D eigenvalue weighted by atomic mass is 28.4. The number of carbonyl (C=O) groups is 1. The number of ketones is 1. The molecule has 6 atom stereocenters. The SMILES string of the molecule is CC1(C)CCC[C@]2(C)[C@H]3C(=O)C[C@](C)(CCO[Si](c4ccccc4)(c4ccccc4)C(C)(C)C)O[C@]3(C)[C@H](O)C[C@@H]12. The maximum absolute atomic E-state index is 14.2. The van der Waals surface area contributed by atoms with Crippen molar-refractivity contribution in [2.75, 3.05) is 6.61 Å². The van der Waals surface area contributed by atoms with Gasteiger partial charge in [-0.3, -0.25) is 4.79 Å². The second kappa shape index (κ2) is 10.4. The predicted octanol–water partition coefficient (Wildman–Crippen LogP) is 6.67. The Morgan fingerprint density at radius 2 is 1.49 bits per heavy atom. The summed E-state index contributed by atoms with van der Waals surface area (Å²) in [6, 6.07) is 21.4. The van der Waals surface area contributed by atoms with E-state index < -0.39 is 25.6 Å². The highest BCUT2D eigenvalue weighted by Gasteiger charge is 2.67. The molecule has 2 aromatic carbocycles. The van der Waals surface area contributed by atoms with Gasteiger partial charge >= 0.3 is 0 Å². The molecule has 224 valence electrons. The van der Waals surface area contributed by atoms with Gasteiger partial charge in [0.05, 0.1) is 17.6 Å². The van der Waals surface area contributed by atoms with Crippen molar-refractivity contribution in [1.29, 1.82) is 0 Å². The normalized spacial score (nSPS) is 35.4. The van der Waals surface area contributed by atoms with Crippen molar-refractivity contribution in [1.82, 2.24) is 0 Å². The molecule has 3 aliphatic rings. The Labute approximate surface area is 249 Å². The van der Waals surface area contributed by atoms with Crippen LogP contribution in [0.4, 0.5) is 0 Å². The van der Waals surface area contributed by atoms with Gasteiger partial charge in [-0.1, -0.05) is 109 Å². The Bertz CT molecular complexity index is 1200. The first-order valence-corrected chi connectivity index (χ1v) is 17.7. The van der Waals surface area contributed by atoms with E-state index >= 15 is 0 Å². The largest absolute Gasteiger partial charge is 0.407 e. The molecule has 0 amide bonds. The number of ether oxygens (including phenoxy) is 1. The van der Waals surface area contributed by atoms with Crippen molar-refractivity contribution < 1.29 is 19.1 Å². The lowest BCUT2D eigenvalue weighted by atomic mass is 9.43. The van der Waals surface area contributed by atoms with E-state index in [4.69, 9.17) is 9.16 Å². The summed E-state index contributed by atoms with van der Waals surface area (Å²) in [4.78, 5) is 14.2. The van der Waals surface area contributed by atoms with Crippen LogP contribution in [0.3, 0.4) is 0 Å². The predicted molar refractivity (Wildman–Crippen MR) is 169 cm³/mol. The van der Waals surface area contributed by atoms with Crippen LogP contribution in [0.15, 0.2) is 60.7 Å². The molecule has 41 heavy (non-hydrogen) atoms. The second-order valence-corrected chi connectivity index (χ2v) is 20.0. The quantitative estimate of drug-likeness (QED) is 0.390. The lowest BCUT2D eigenvalue weighted by molar-refractivity contribution is -0.286. The van der Waals surface area contributed by atoms with Gasteiger partial charge in [-0.15, -0.1) is 0 Å². The molecule has 0 radical (unpaired) electrons. The number of hydrogen-bond acceptors (Lipinski definition) is 4. The van der Waals surface area contributed by atoms with E-state index in [-0.39, 0.29) is 27.6 Å². The van der Waals surface area contributed by atoms with Crippen LogP contribution in [0.25, 0.3) is 0 Å². The minimum Gasteiger partial charge on any atom is -0.407 e. The number of aliphatic hydroxyl groups is 1. The van der Waals surface area contributed by atoms with Gasteiger partial charge in [-0.05, 0) is 71.7 Å². The topological polar surface area (TPSA) is 55.8 Å². The van der Waals surface area contributed by atoms with Crippen LogP contribution in [0.2, 0.25) is 5.04 Å². The third kappa shape index (κ3) is 4.99. The van der Waals surface area contributed by atoms with Crippen molar-refractivity contribution in [3.05, 3.63) is 60.7 Å². The highest BCUT2D eigenvalue weighted by molar-refractivity contribution is 6.99. The third-order valence-corrected chi connectivity index (χ3v) is 16.4. The molecule has 1 heterocycles. The number of carbonyl (C=O) groups excluding carboxylic acids is 1. The lowest BCUT2D eigenvalue weighted by Gasteiger charge is -2.65. The number of fused-ring (bicyclic) bond motifs is 3. The molecule has 2 aliphatic carbocycles. The number of benzene rings is 2. The average molecular weight is 577 g/mol. The van der Waals surface area contributed by atoms with E-state index in [1.54, 1.807) is 0 Å². The van der Waals surface area contributed by atoms with E-state index in [0.717, 1.165) is 19.3 Å². The number of aliphatic hydroxyl groups excluding tert-OH is 1. The Morgan fingerprint density at radius 3 is 2.02 bits per heavy atom. The van der Waals surface area contributed by atoms with E-state index in [0.29, 0.717) is 31.8 Å². The van der Waals surface area contributed by atoms with Gasteiger partial charge in [0, 0.05) is 13.0 Å². The number of rotatable bonds is 6. The fraction of sp³-hybridized carbons (Fsp3) is 0.639. The minimum atomic E-state index is -2.69. The first kappa shape index (κ1) is 30.7. The van der Waals surface area contributed by atoms with E-state index in [9.17, 15) is 9.90 Å². The van der Waals surface area contributed by atoms with Crippen molar-refractivity contribution >= 4 is 24.5 Å². The smallest absolute Gasteiger partial charge is 0.261 e. The van der Waals surface area contributed by atoms with Crippen molar-refractivity contribution in [3.63, 3.8) is 0 Å². The van der Waals surface area contributed by atoms with Gasteiger partial charge < -0.3 is 14.3 Å². The molecule has 5 heteroatoms. The number of hydrogen-bond donors (Lipinski definition) is 1. The van der Waals surface area contributed by atoms with Gasteiger partial charge in [0.2, 0.25) is 0 Å². The summed E-state index contributed by atoms with van der Waals surface area (Å²) in [5.74, 6) is 0.289. The molecule has 0 aromatic heterocycles. The van der Waals surface area contributed by atoms with Crippen LogP contribution >= 0.6 is 0 Å². The van der Waals surface area contributed by atoms with Crippen LogP contribution in [0.5, 0.6) is 0 Å². The molecule has 0 unspecified atom stereocenters. The fourth-order valence-corrected chi connectivity index (χ4v) is 14.1. The molecule has 0 bridgehead atoms. The standard InChI is InChI=1S/C36H52O4Si/c1-32(2,3)41(26-16-11-9-12-17-26,27-18-13-10-14-19-27)39-23-22-34(6)25-28(37)31-35(7)21-15-20-33(4,5)29(35)24-30(38)36(31,8)40-34/h9-14,16-19,29-31,38H,15,20-25H2,1-8H3/t29-,30+,31+,34-,35-,36+/m0/s1. The van der Waals surface area contributed by atoms with E-state index in [1.165, 1.54) is 10.4 Å². The summed E-state index contributed by atoms with van der Waals surface area (Å²) in [6.07, 6.45) is 4.30. The van der Waals surface area contributed by atoms with Crippen LogP contribution in [-0.4, -0.2) is 43.1 Å². The summed E-state index contributed by atoms with van der Waals surface area (Å²) in [7, 11) is -2.69. The molecule has 0 spiro atoms. The first-order chi connectivity index (χ1) is 19.1. The Morgan fingerprint density at radius 1 is 0.927 bits per heavy atom. The molecular weight excluding hydrogens is 524 g/mol. The average Bonchev–Trinajstić information content (AvgIpc) is 2.88. The summed E-state index contributed by atoms with van der Waals surface area (Å²) in [6.45, 7) is 18.4. The molecule has 1 saturated heterocycles. The summed E-state index contributed by atoms with van der Waals surface area (Å²) >= 11 is 0. The maximum Gasteiger partial charge on any atom is 0.261 e. The van der Waals surface area contributed by atoms with Crippen molar-refractivity contribution in [2.24, 2.45) is 22.7 Å². The zero-order valence-corrected chi connectivity index (χ0v) is 27.6. The van der Waals surface area contributed by atoms with Crippen LogP contribution < -0.4 is 10.4 Å². The Hall–Kier alpha value is -1.79. The molecule has 4 nitrogen and oxygen atoms in total. The molecule has 1 aliphatic heterocycles. The van der Waals surface area contributed by atoms with Gasteiger partial charge in [0.15, 0.2) is 0 Å². The molecule has 1 N–H and O–H groups in total. The van der Waals surface area contributed by atoms with Crippen molar-refractivity contribution in [3.8, 4) is 0 Å². The summed E-state index contributed by atoms with van der Waals surface area (Å²) in [5.41, 5.74) is -1.62. The highest BCUT2D eigenvalue weighted by Crippen LogP contribution is 2.65. The van der Waals surface area contributed by atoms with Gasteiger partial charge in [-0.2, -0.15) is 0 Å².